The van der Waals surface area contributed by atoms with Crippen molar-refractivity contribution in [3.8, 4) is 0 Å². The van der Waals surface area contributed by atoms with Crippen LogP contribution >= 0.6 is 0 Å². The van der Waals surface area contributed by atoms with E-state index in [0.717, 1.165) is 161 Å². The van der Waals surface area contributed by atoms with Crippen LogP contribution in [-0.4, -0.2) is 82.3 Å². The number of carbonyl (C=O) groups excluding carboxylic acids is 3. The van der Waals surface area contributed by atoms with Gasteiger partial charge in [0.2, 0.25) is 0 Å². The van der Waals surface area contributed by atoms with Crippen molar-refractivity contribution in [2.75, 3.05) is 47.5 Å². The third-order valence-electron chi connectivity index (χ3n) is 16.7. The second-order valence-corrected chi connectivity index (χ2v) is 27.6. The molecule has 0 saturated carbocycles. The molecule has 0 radical (unpaired) electrons. The van der Waals surface area contributed by atoms with Crippen LogP contribution in [0.2, 0.25) is 0 Å². The minimum atomic E-state index is -1.64. The lowest BCUT2D eigenvalue weighted by Gasteiger charge is -2.26. The zero-order valence-electron chi connectivity index (χ0n) is 66.1. The van der Waals surface area contributed by atoms with Gasteiger partial charge in [-0.1, -0.05) is 348 Å². The Balaban J connectivity index is 4.13. The molecule has 0 N–H and O–H groups in total. The van der Waals surface area contributed by atoms with Crippen LogP contribution < -0.4 is 5.11 Å². The van der Waals surface area contributed by atoms with E-state index in [-0.39, 0.29) is 38.6 Å². The molecule has 9 nitrogen and oxygen atoms in total. The summed E-state index contributed by atoms with van der Waals surface area (Å²) in [5.41, 5.74) is 0. The molecule has 0 aliphatic rings. The third-order valence-corrected chi connectivity index (χ3v) is 16.7. The third kappa shape index (κ3) is 82.8. The second kappa shape index (κ2) is 81.3. The number of ether oxygens (including phenoxy) is 4. The Labute approximate surface area is 632 Å². The van der Waals surface area contributed by atoms with Crippen LogP contribution in [0.5, 0.6) is 0 Å². The molecule has 0 aromatic carbocycles. The second-order valence-electron chi connectivity index (χ2n) is 27.6. The van der Waals surface area contributed by atoms with Crippen LogP contribution in [0.4, 0.5) is 0 Å². The maximum Gasteiger partial charge on any atom is 0.306 e. The van der Waals surface area contributed by atoms with Gasteiger partial charge in [-0.3, -0.25) is 9.59 Å². The molecule has 103 heavy (non-hydrogen) atoms. The lowest BCUT2D eigenvalue weighted by atomic mass is 10.0. The predicted molar refractivity (Wildman–Crippen MR) is 443 cm³/mol. The molecule has 0 spiro atoms. The average molecular weight is 1420 g/mol. The highest BCUT2D eigenvalue weighted by Gasteiger charge is 2.22. The molecule has 0 heterocycles. The zero-order valence-corrected chi connectivity index (χ0v) is 66.1. The molecule has 0 fully saturated rings. The monoisotopic (exact) mass is 1420 g/mol. The van der Waals surface area contributed by atoms with Crippen molar-refractivity contribution < 1.29 is 42.9 Å². The normalized spacial score (nSPS) is 13.8. The van der Waals surface area contributed by atoms with Crippen molar-refractivity contribution in [1.82, 2.24) is 0 Å². The largest absolute Gasteiger partial charge is 0.545 e. The summed E-state index contributed by atoms with van der Waals surface area (Å²) in [6.07, 6.45) is 125. The summed E-state index contributed by atoms with van der Waals surface area (Å²) in [5.74, 6) is -2.31. The molecular formula is C94H149NO8. The zero-order chi connectivity index (χ0) is 74.6. The maximum absolute atomic E-state index is 13.0. The van der Waals surface area contributed by atoms with Crippen molar-refractivity contribution in [3.05, 3.63) is 219 Å². The number of unbranched alkanes of at least 4 members (excludes halogenated alkanes) is 22. The number of nitrogens with zero attached hydrogens (tertiary/aromatic N) is 1. The number of carbonyl (C=O) groups is 3. The predicted octanol–water partition coefficient (Wildman–Crippen LogP) is 25.5. The standard InChI is InChI=1S/C94H149NO8/c1-6-8-10-12-14-16-18-20-22-24-26-28-30-32-34-36-38-40-42-44-46-48-50-52-54-56-58-60-62-64-66-68-70-72-74-76-78-80-82-84-91(96)101-88-90(89-102-94(93(98)99)100-87-86-95(3,4)5)103-92(97)85-83-81-79-77-75-73-71-69-67-65-63-61-59-57-55-53-51-49-47-45-43-41-39-37-35-33-31-29-27-25-23-21-19-17-15-13-11-9-7-2/h8-11,14-17,20-23,26-29,32-35,38-41,44-47,50-53,57,59,63,65,90,94H,6-7,12-13,18-19,24-25,30-31,36-37,42-43,48-49,54-56,58,60-62,64,66-89H2,1-5H3/b10-8-,11-9-,16-14-,17-15-,22-20-,23-21-,28-26-,29-27-,34-32-,35-33-,40-38-,41-39-,46-44-,47-45-,52-50-,53-51-,59-57-,65-63-. The van der Waals surface area contributed by atoms with Gasteiger partial charge in [-0.05, 0) is 154 Å². The van der Waals surface area contributed by atoms with Crippen molar-refractivity contribution in [3.63, 3.8) is 0 Å². The molecule has 0 aliphatic carbocycles. The van der Waals surface area contributed by atoms with E-state index < -0.39 is 24.3 Å². The number of hydrogen-bond donors (Lipinski definition) is 0. The Kier molecular flexibility index (Phi) is 76.2. The van der Waals surface area contributed by atoms with E-state index in [0.29, 0.717) is 17.4 Å². The lowest BCUT2D eigenvalue weighted by Crippen LogP contribution is -2.44. The van der Waals surface area contributed by atoms with Crippen molar-refractivity contribution in [2.24, 2.45) is 0 Å². The average Bonchev–Trinajstić information content (AvgIpc) is 0.985. The molecule has 2 atom stereocenters. The van der Waals surface area contributed by atoms with Gasteiger partial charge in [-0.25, -0.2) is 0 Å². The Bertz CT molecular complexity index is 2510. The smallest absolute Gasteiger partial charge is 0.306 e. The summed E-state index contributed by atoms with van der Waals surface area (Å²) in [5, 5.41) is 11.9. The summed E-state index contributed by atoms with van der Waals surface area (Å²) >= 11 is 0. The van der Waals surface area contributed by atoms with Crippen molar-refractivity contribution >= 4 is 17.9 Å². The van der Waals surface area contributed by atoms with E-state index in [1.165, 1.54) is 103 Å². The van der Waals surface area contributed by atoms with Gasteiger partial charge in [0.1, 0.15) is 13.2 Å². The first kappa shape index (κ1) is 96.6. The quantitative estimate of drug-likeness (QED) is 0.0195. The van der Waals surface area contributed by atoms with Gasteiger partial charge < -0.3 is 33.3 Å². The van der Waals surface area contributed by atoms with E-state index in [4.69, 9.17) is 18.9 Å². The SMILES string of the molecule is CC/C=C\C/C=C\C/C=C\C/C=C\C/C=C\C/C=C\C/C=C\C/C=C\C/C=C\C/C=C\CCCCCCCCCCC(=O)OC(COC(=O)CCCCCCCCCCCCCCCC/C=C\C/C=C\C/C=C\C/C=C\C/C=C\C/C=C\C/C=C\C/C=C\CC)COC(OCC[N+](C)(C)C)C(=O)[O-]. The highest BCUT2D eigenvalue weighted by Crippen LogP contribution is 2.17. The number of carboxylic acid groups (broad SMARTS) is 1. The summed E-state index contributed by atoms with van der Waals surface area (Å²) in [6, 6.07) is 0. The van der Waals surface area contributed by atoms with E-state index in [9.17, 15) is 19.5 Å². The summed E-state index contributed by atoms with van der Waals surface area (Å²) in [4.78, 5) is 37.6. The van der Waals surface area contributed by atoms with Gasteiger partial charge in [-0.15, -0.1) is 0 Å². The van der Waals surface area contributed by atoms with E-state index in [1.807, 2.05) is 21.1 Å². The number of aliphatic carboxylic acids is 1. The highest BCUT2D eigenvalue weighted by atomic mass is 16.7. The van der Waals surface area contributed by atoms with Crippen LogP contribution in [0.25, 0.3) is 0 Å². The number of likely N-dealkylation sites (N-methyl/N-ethyl adjacent to an activating group) is 1. The molecule has 0 aromatic heterocycles. The Morgan fingerprint density at radius 1 is 0.291 bits per heavy atom. The topological polar surface area (TPSA) is 111 Å². The molecule has 578 valence electrons. The summed E-state index contributed by atoms with van der Waals surface area (Å²) in [6.45, 7) is 4.50. The molecule has 0 amide bonds. The van der Waals surface area contributed by atoms with Crippen molar-refractivity contribution in [2.45, 2.75) is 309 Å². The van der Waals surface area contributed by atoms with Gasteiger partial charge >= 0.3 is 11.9 Å². The fourth-order valence-electron chi connectivity index (χ4n) is 10.6. The fraction of sp³-hybridized carbons (Fsp3) is 0.585. The molecule has 0 aromatic rings. The minimum Gasteiger partial charge on any atom is -0.545 e. The van der Waals surface area contributed by atoms with Crippen LogP contribution in [-0.2, 0) is 33.3 Å². The van der Waals surface area contributed by atoms with Crippen LogP contribution in [0.1, 0.15) is 296 Å². The van der Waals surface area contributed by atoms with E-state index >= 15 is 0 Å². The number of allylic oxidation sites excluding steroid dienone is 36. The van der Waals surface area contributed by atoms with Gasteiger partial charge in [0, 0.05) is 12.8 Å². The molecule has 0 saturated heterocycles. The number of rotatable bonds is 73. The Hall–Kier alpha value is -6.39. The first-order valence-corrected chi connectivity index (χ1v) is 40.9. The molecule has 0 bridgehead atoms. The van der Waals surface area contributed by atoms with Crippen LogP contribution in [0.3, 0.4) is 0 Å². The highest BCUT2D eigenvalue weighted by molar-refractivity contribution is 5.70. The van der Waals surface area contributed by atoms with E-state index in [2.05, 4.69) is 233 Å². The number of hydrogen-bond acceptors (Lipinski definition) is 8. The number of carboxylic acids is 1. The number of esters is 2. The molecule has 0 aliphatic heterocycles. The van der Waals surface area contributed by atoms with Gasteiger partial charge in [0.15, 0.2) is 12.4 Å². The first-order valence-electron chi connectivity index (χ1n) is 40.9. The Morgan fingerprint density at radius 2 is 0.524 bits per heavy atom. The van der Waals surface area contributed by atoms with Crippen LogP contribution in [0, 0.1) is 0 Å². The molecule has 9 heteroatoms. The summed E-state index contributed by atoms with van der Waals surface area (Å²) in [7, 11) is 5.92. The van der Waals surface area contributed by atoms with Crippen molar-refractivity contribution in [1.29, 1.82) is 0 Å². The van der Waals surface area contributed by atoms with E-state index in [1.54, 1.807) is 0 Å². The van der Waals surface area contributed by atoms with Gasteiger partial charge in [0.05, 0.1) is 40.3 Å². The Morgan fingerprint density at radius 3 is 0.777 bits per heavy atom. The summed E-state index contributed by atoms with van der Waals surface area (Å²) < 4.78 is 22.8. The van der Waals surface area contributed by atoms with Gasteiger partial charge in [-0.2, -0.15) is 0 Å². The maximum atomic E-state index is 13.0. The first-order chi connectivity index (χ1) is 50.6. The molecular weight excluding hydrogens is 1270 g/mol. The lowest BCUT2D eigenvalue weighted by molar-refractivity contribution is -0.870. The number of quaternary nitrogens is 1. The minimum absolute atomic E-state index is 0.136. The molecule has 0 rings (SSSR count). The van der Waals surface area contributed by atoms with Gasteiger partial charge in [0.25, 0.3) is 0 Å². The van der Waals surface area contributed by atoms with Crippen LogP contribution in [0.15, 0.2) is 219 Å². The fourth-order valence-corrected chi connectivity index (χ4v) is 10.6. The molecule has 2 unspecified atom stereocenters.